The molecule has 0 aliphatic heterocycles. The molecule has 7 nitrogen and oxygen atoms in total. The molecule has 0 spiro atoms. The first-order valence-electron chi connectivity index (χ1n) is 7.57. The second-order valence-corrected chi connectivity index (χ2v) is 9.07. The zero-order valence-corrected chi connectivity index (χ0v) is 16.4. The molecule has 1 atom stereocenters. The summed E-state index contributed by atoms with van der Waals surface area (Å²) in [5.74, 6) is -5.00. The van der Waals surface area contributed by atoms with Gasteiger partial charge < -0.3 is 14.4 Å². The van der Waals surface area contributed by atoms with Crippen molar-refractivity contribution in [2.24, 2.45) is 0 Å². The van der Waals surface area contributed by atoms with Crippen LogP contribution in [0.25, 0.3) is 0 Å². The lowest BCUT2D eigenvalue weighted by Gasteiger charge is -2.13. The van der Waals surface area contributed by atoms with Crippen molar-refractivity contribution in [3.8, 4) is 5.75 Å². The molecule has 2 aromatic carbocycles. The van der Waals surface area contributed by atoms with Crippen molar-refractivity contribution < 1.29 is 36.4 Å². The van der Waals surface area contributed by atoms with Crippen molar-refractivity contribution in [1.82, 2.24) is 4.72 Å². The Morgan fingerprint density at radius 1 is 1.21 bits per heavy atom. The molecule has 2 N–H and O–H groups in total. The maximum Gasteiger partial charge on any atom is 0.341 e. The van der Waals surface area contributed by atoms with E-state index in [1.54, 1.807) is 0 Å². The quantitative estimate of drug-likeness (QED) is 0.562. The largest absolute Gasteiger partial charge is 0.611 e. The molecule has 0 saturated heterocycles. The second-order valence-electron chi connectivity index (χ2n) is 5.30. The van der Waals surface area contributed by atoms with Crippen LogP contribution < -0.4 is 9.46 Å². The summed E-state index contributed by atoms with van der Waals surface area (Å²) in [5.41, 5.74) is 0. The molecule has 0 bridgehead atoms. The van der Waals surface area contributed by atoms with Crippen LogP contribution in [-0.4, -0.2) is 43.0 Å². The first kappa shape index (κ1) is 22.4. The number of ether oxygens (including phenoxy) is 1. The molecule has 2 aromatic rings. The zero-order chi connectivity index (χ0) is 20.9. The fraction of sp³-hybridized carbons (Fsp3) is 0.188. The number of nitrogens with one attached hydrogen (secondary N) is 1. The van der Waals surface area contributed by atoms with Crippen molar-refractivity contribution >= 4 is 38.8 Å². The van der Waals surface area contributed by atoms with E-state index in [0.29, 0.717) is 5.02 Å². The SMILES string of the molecule is O=C(O)COc1c(F)cc([S+]([O-])CCNS(=O)(=O)c2ccc(Cl)cc2)cc1F. The third-order valence-electron chi connectivity index (χ3n) is 3.28. The van der Waals surface area contributed by atoms with Gasteiger partial charge in [0.25, 0.3) is 0 Å². The Kier molecular flexibility index (Phi) is 7.61. The highest BCUT2D eigenvalue weighted by molar-refractivity contribution is 7.91. The fourth-order valence-corrected chi connectivity index (χ4v) is 4.30. The normalized spacial score (nSPS) is 12.6. The van der Waals surface area contributed by atoms with Crippen LogP contribution in [0.5, 0.6) is 5.75 Å². The Labute approximate surface area is 167 Å². The van der Waals surface area contributed by atoms with Gasteiger partial charge in [-0.05, 0) is 35.4 Å². The van der Waals surface area contributed by atoms with Crippen molar-refractivity contribution in [2.45, 2.75) is 9.79 Å². The van der Waals surface area contributed by atoms with E-state index in [1.807, 2.05) is 0 Å². The molecular weight excluding hydrogens is 440 g/mol. The number of hydrogen-bond acceptors (Lipinski definition) is 5. The molecule has 1 unspecified atom stereocenters. The number of hydrogen-bond donors (Lipinski definition) is 2. The summed E-state index contributed by atoms with van der Waals surface area (Å²) in [5, 5.41) is 8.84. The monoisotopic (exact) mass is 453 g/mol. The highest BCUT2D eigenvalue weighted by Gasteiger charge is 2.21. The minimum Gasteiger partial charge on any atom is -0.611 e. The summed E-state index contributed by atoms with van der Waals surface area (Å²) in [6.07, 6.45) is 0. The van der Waals surface area contributed by atoms with Gasteiger partial charge in [-0.15, -0.1) is 0 Å². The highest BCUT2D eigenvalue weighted by Crippen LogP contribution is 2.26. The standard InChI is InChI=1S/C16H14ClF2NO6S2/c17-10-1-3-12(4-2-10)28(24,25)20-5-6-27(23)11-7-13(18)16(14(19)8-11)26-9-15(21)22/h1-4,7-8,20H,5-6,9H2,(H,21,22). The van der Waals surface area contributed by atoms with Crippen LogP contribution >= 0.6 is 11.6 Å². The van der Waals surface area contributed by atoms with Gasteiger partial charge in [-0.2, -0.15) is 0 Å². The van der Waals surface area contributed by atoms with Gasteiger partial charge >= 0.3 is 5.97 Å². The lowest BCUT2D eigenvalue weighted by Crippen LogP contribution is -2.29. The maximum absolute atomic E-state index is 13.9. The van der Waals surface area contributed by atoms with Gasteiger partial charge in [0.05, 0.1) is 11.4 Å². The fourth-order valence-electron chi connectivity index (χ4n) is 2.02. The number of sulfonamides is 1. The van der Waals surface area contributed by atoms with Crippen LogP contribution in [0.2, 0.25) is 5.02 Å². The average molecular weight is 454 g/mol. The van der Waals surface area contributed by atoms with Crippen molar-refractivity contribution in [2.75, 3.05) is 18.9 Å². The van der Waals surface area contributed by atoms with Gasteiger partial charge in [0.1, 0.15) is 5.75 Å². The molecule has 2 rings (SSSR count). The molecule has 0 fully saturated rings. The lowest BCUT2D eigenvalue weighted by molar-refractivity contribution is -0.139. The van der Waals surface area contributed by atoms with Crippen LogP contribution in [0.3, 0.4) is 0 Å². The van der Waals surface area contributed by atoms with E-state index in [9.17, 15) is 26.5 Å². The van der Waals surface area contributed by atoms with E-state index in [2.05, 4.69) is 9.46 Å². The summed E-state index contributed by atoms with van der Waals surface area (Å²) >= 11 is 3.77. The molecule has 0 saturated carbocycles. The molecule has 0 amide bonds. The molecule has 0 aliphatic carbocycles. The number of carbonyl (C=O) groups is 1. The Balaban J connectivity index is 2.00. The predicted octanol–water partition coefficient (Wildman–Crippen LogP) is 2.17. The van der Waals surface area contributed by atoms with E-state index < -0.39 is 51.2 Å². The molecule has 0 radical (unpaired) electrons. The van der Waals surface area contributed by atoms with Crippen LogP contribution in [0, 0.1) is 11.6 Å². The Hall–Kier alpha value is -1.92. The molecule has 152 valence electrons. The van der Waals surface area contributed by atoms with Gasteiger partial charge in [0, 0.05) is 17.2 Å². The summed E-state index contributed by atoms with van der Waals surface area (Å²) in [4.78, 5) is 10.1. The molecule has 0 heterocycles. The van der Waals surface area contributed by atoms with Gasteiger partial charge in [-0.3, -0.25) is 0 Å². The Morgan fingerprint density at radius 3 is 2.32 bits per heavy atom. The average Bonchev–Trinajstić information content (AvgIpc) is 2.60. The summed E-state index contributed by atoms with van der Waals surface area (Å²) < 4.78 is 70.9. The minimum atomic E-state index is -3.86. The zero-order valence-electron chi connectivity index (χ0n) is 14.0. The summed E-state index contributed by atoms with van der Waals surface area (Å²) in [6.45, 7) is -1.19. The topological polar surface area (TPSA) is 116 Å². The Morgan fingerprint density at radius 2 is 1.79 bits per heavy atom. The molecule has 0 aromatic heterocycles. The molecule has 0 aliphatic rings. The minimum absolute atomic E-state index is 0.0419. The van der Waals surface area contributed by atoms with Gasteiger partial charge in [0.15, 0.2) is 28.9 Å². The predicted molar refractivity (Wildman–Crippen MR) is 97.4 cm³/mol. The molecule has 28 heavy (non-hydrogen) atoms. The van der Waals surface area contributed by atoms with Crippen LogP contribution in [0.1, 0.15) is 0 Å². The third kappa shape index (κ3) is 6.04. The second kappa shape index (κ2) is 9.52. The van der Waals surface area contributed by atoms with Crippen LogP contribution in [0.15, 0.2) is 46.2 Å². The van der Waals surface area contributed by atoms with Crippen molar-refractivity contribution in [3.63, 3.8) is 0 Å². The number of carboxylic acids is 1. The number of rotatable bonds is 9. The lowest BCUT2D eigenvalue weighted by atomic mass is 10.3. The highest BCUT2D eigenvalue weighted by atomic mass is 35.5. The summed E-state index contributed by atoms with van der Waals surface area (Å²) in [6, 6.07) is 6.86. The van der Waals surface area contributed by atoms with Gasteiger partial charge in [-0.1, -0.05) is 11.6 Å². The van der Waals surface area contributed by atoms with Gasteiger partial charge in [0.2, 0.25) is 10.0 Å². The number of halogens is 3. The molecule has 12 heteroatoms. The van der Waals surface area contributed by atoms with Crippen molar-refractivity contribution in [3.05, 3.63) is 53.1 Å². The Bertz CT molecular complexity index is 933. The number of aliphatic carboxylic acids is 1. The third-order valence-corrected chi connectivity index (χ3v) is 6.34. The number of carboxylic acid groups (broad SMARTS) is 1. The van der Waals surface area contributed by atoms with E-state index in [0.717, 1.165) is 12.1 Å². The van der Waals surface area contributed by atoms with Gasteiger partial charge in [-0.25, -0.2) is 26.7 Å². The van der Waals surface area contributed by atoms with E-state index in [-0.39, 0.29) is 22.1 Å². The first-order valence-corrected chi connectivity index (χ1v) is 10.8. The maximum atomic E-state index is 13.9. The van der Waals surface area contributed by atoms with E-state index in [4.69, 9.17) is 16.7 Å². The first-order chi connectivity index (χ1) is 13.1. The summed E-state index contributed by atoms with van der Waals surface area (Å²) in [7, 11) is -3.86. The molecular formula is C16H14ClF2NO6S2. The van der Waals surface area contributed by atoms with Crippen LogP contribution in [-0.2, 0) is 26.0 Å². The smallest absolute Gasteiger partial charge is 0.341 e. The number of benzene rings is 2. The van der Waals surface area contributed by atoms with E-state index >= 15 is 0 Å². The van der Waals surface area contributed by atoms with Crippen molar-refractivity contribution in [1.29, 1.82) is 0 Å². The van der Waals surface area contributed by atoms with Crippen LogP contribution in [0.4, 0.5) is 8.78 Å². The van der Waals surface area contributed by atoms with E-state index in [1.165, 1.54) is 24.3 Å².